The summed E-state index contributed by atoms with van der Waals surface area (Å²) in [6, 6.07) is 10.7. The maximum Gasteiger partial charge on any atom is 0.535 e. The lowest BCUT2D eigenvalue weighted by atomic mass is 10.1. The summed E-state index contributed by atoms with van der Waals surface area (Å²) in [4.78, 5) is 16.0. The molecule has 1 aromatic carbocycles. The summed E-state index contributed by atoms with van der Waals surface area (Å²) < 4.78 is 5.03. The van der Waals surface area contributed by atoms with Crippen molar-refractivity contribution in [1.29, 1.82) is 5.26 Å². The van der Waals surface area contributed by atoms with Crippen LogP contribution in [0.15, 0.2) is 35.5 Å². The van der Waals surface area contributed by atoms with Gasteiger partial charge in [-0.3, -0.25) is 4.84 Å². The molecule has 2 rings (SSSR count). The highest BCUT2D eigenvalue weighted by Crippen LogP contribution is 2.34. The zero-order valence-corrected chi connectivity index (χ0v) is 10.6. The minimum absolute atomic E-state index is 0.0385. The van der Waals surface area contributed by atoms with Crippen molar-refractivity contribution in [3.8, 4) is 6.07 Å². The number of nitrogens with zero attached hydrogens (tertiary/aromatic N) is 2. The first-order valence-corrected chi connectivity index (χ1v) is 6.12. The van der Waals surface area contributed by atoms with Crippen LogP contribution in [0.1, 0.15) is 25.3 Å². The van der Waals surface area contributed by atoms with Gasteiger partial charge in [-0.25, -0.2) is 4.79 Å². The van der Waals surface area contributed by atoms with E-state index in [1.165, 1.54) is 0 Å². The summed E-state index contributed by atoms with van der Waals surface area (Å²) >= 11 is 0. The van der Waals surface area contributed by atoms with Gasteiger partial charge in [0.25, 0.3) is 0 Å². The van der Waals surface area contributed by atoms with E-state index in [9.17, 15) is 4.79 Å². The molecule has 1 aliphatic carbocycles. The SMILES string of the molecule is CC(OC(=O)O/N=C(\C#N)c1ccccc1)C1CC1. The molecule has 5 heteroatoms. The lowest BCUT2D eigenvalue weighted by Crippen LogP contribution is -2.16. The van der Waals surface area contributed by atoms with Gasteiger partial charge in [-0.2, -0.15) is 5.26 Å². The molecule has 0 heterocycles. The summed E-state index contributed by atoms with van der Waals surface area (Å²) in [7, 11) is 0. The summed E-state index contributed by atoms with van der Waals surface area (Å²) in [5, 5.41) is 12.5. The van der Waals surface area contributed by atoms with Crippen LogP contribution in [0.5, 0.6) is 0 Å². The van der Waals surface area contributed by atoms with Crippen molar-refractivity contribution in [2.75, 3.05) is 0 Å². The zero-order chi connectivity index (χ0) is 13.7. The molecule has 1 aliphatic rings. The maximum absolute atomic E-state index is 11.4. The Kier molecular flexibility index (Phi) is 4.14. The van der Waals surface area contributed by atoms with Crippen LogP contribution in [0.3, 0.4) is 0 Å². The number of carbonyl (C=O) groups is 1. The number of hydrogen-bond acceptors (Lipinski definition) is 5. The third-order valence-corrected chi connectivity index (χ3v) is 2.93. The van der Waals surface area contributed by atoms with Gasteiger partial charge >= 0.3 is 6.16 Å². The number of benzene rings is 1. The van der Waals surface area contributed by atoms with Crippen LogP contribution in [0.25, 0.3) is 0 Å². The van der Waals surface area contributed by atoms with Gasteiger partial charge in [0.2, 0.25) is 0 Å². The van der Waals surface area contributed by atoms with Crippen molar-refractivity contribution in [1.82, 2.24) is 0 Å². The van der Waals surface area contributed by atoms with E-state index >= 15 is 0 Å². The van der Waals surface area contributed by atoms with Gasteiger partial charge in [-0.1, -0.05) is 35.5 Å². The molecule has 0 radical (unpaired) electrons. The van der Waals surface area contributed by atoms with E-state index in [1.807, 2.05) is 19.1 Å². The second kappa shape index (κ2) is 6.01. The number of ether oxygens (including phenoxy) is 1. The predicted octanol–water partition coefficient (Wildman–Crippen LogP) is 2.87. The van der Waals surface area contributed by atoms with E-state index in [2.05, 4.69) is 9.99 Å². The van der Waals surface area contributed by atoms with Crippen molar-refractivity contribution in [2.45, 2.75) is 25.9 Å². The monoisotopic (exact) mass is 258 g/mol. The van der Waals surface area contributed by atoms with E-state index in [-0.39, 0.29) is 11.8 Å². The Bertz CT molecular complexity index is 515. The average molecular weight is 258 g/mol. The van der Waals surface area contributed by atoms with E-state index in [1.54, 1.807) is 24.3 Å². The fourth-order valence-electron chi connectivity index (χ4n) is 1.65. The van der Waals surface area contributed by atoms with Crippen molar-refractivity contribution < 1.29 is 14.4 Å². The van der Waals surface area contributed by atoms with E-state index < -0.39 is 6.16 Å². The molecule has 1 atom stereocenters. The van der Waals surface area contributed by atoms with Crippen molar-refractivity contribution in [3.63, 3.8) is 0 Å². The Morgan fingerprint density at radius 2 is 2.11 bits per heavy atom. The van der Waals surface area contributed by atoms with Crippen LogP contribution in [-0.2, 0) is 9.57 Å². The van der Waals surface area contributed by atoms with Gasteiger partial charge in [-0.15, -0.1) is 0 Å². The first-order valence-electron chi connectivity index (χ1n) is 6.12. The minimum atomic E-state index is -0.872. The number of rotatable bonds is 4. The molecule has 1 fully saturated rings. The number of oxime groups is 1. The molecule has 0 aromatic heterocycles. The molecule has 0 aliphatic heterocycles. The quantitative estimate of drug-likeness (QED) is 0.360. The Hall–Kier alpha value is -2.35. The summed E-state index contributed by atoms with van der Waals surface area (Å²) in [6.45, 7) is 1.82. The fraction of sp³-hybridized carbons (Fsp3) is 0.357. The van der Waals surface area contributed by atoms with Crippen LogP contribution in [0.4, 0.5) is 4.79 Å². The molecule has 1 saturated carbocycles. The summed E-state index contributed by atoms with van der Waals surface area (Å²) in [5.41, 5.74) is 0.629. The molecule has 0 bridgehead atoms. The second-order valence-electron chi connectivity index (χ2n) is 4.42. The lowest BCUT2D eigenvalue weighted by molar-refractivity contribution is 0.0240. The van der Waals surface area contributed by atoms with Gasteiger partial charge in [0.15, 0.2) is 5.71 Å². The lowest BCUT2D eigenvalue weighted by Gasteiger charge is -2.09. The van der Waals surface area contributed by atoms with Crippen LogP contribution in [0.2, 0.25) is 0 Å². The highest BCUT2D eigenvalue weighted by atomic mass is 16.8. The largest absolute Gasteiger partial charge is 0.535 e. The molecule has 98 valence electrons. The van der Waals surface area contributed by atoms with Gasteiger partial charge in [0.1, 0.15) is 12.2 Å². The van der Waals surface area contributed by atoms with E-state index in [4.69, 9.17) is 10.00 Å². The number of carbonyl (C=O) groups excluding carboxylic acids is 1. The van der Waals surface area contributed by atoms with Gasteiger partial charge in [0.05, 0.1) is 0 Å². The molecule has 1 aromatic rings. The topological polar surface area (TPSA) is 71.7 Å². The fourth-order valence-corrected chi connectivity index (χ4v) is 1.65. The Morgan fingerprint density at radius 3 is 2.68 bits per heavy atom. The number of nitriles is 1. The summed E-state index contributed by atoms with van der Waals surface area (Å²) in [6.07, 6.45) is 1.11. The average Bonchev–Trinajstić information content (AvgIpc) is 3.25. The van der Waals surface area contributed by atoms with Crippen LogP contribution < -0.4 is 0 Å². The van der Waals surface area contributed by atoms with Crippen molar-refractivity contribution >= 4 is 11.9 Å². The van der Waals surface area contributed by atoms with E-state index in [0.717, 1.165) is 12.8 Å². The Balaban J connectivity index is 1.92. The van der Waals surface area contributed by atoms with E-state index in [0.29, 0.717) is 11.5 Å². The van der Waals surface area contributed by atoms with Gasteiger partial charge < -0.3 is 4.74 Å². The van der Waals surface area contributed by atoms with Crippen molar-refractivity contribution in [2.24, 2.45) is 11.1 Å². The third-order valence-electron chi connectivity index (χ3n) is 2.93. The van der Waals surface area contributed by atoms with Crippen LogP contribution >= 0.6 is 0 Å². The molecular weight excluding hydrogens is 244 g/mol. The molecular formula is C14H14N2O3. The minimum Gasteiger partial charge on any atom is -0.429 e. The van der Waals surface area contributed by atoms with Crippen LogP contribution in [-0.4, -0.2) is 18.0 Å². The standard InChI is InChI=1S/C14H14N2O3/c1-10(11-7-8-11)18-14(17)19-16-13(9-15)12-5-3-2-4-6-12/h2-6,10-11H,7-8H2,1H3/b16-13+. The number of hydrogen-bond donors (Lipinski definition) is 0. The predicted molar refractivity (Wildman–Crippen MR) is 68.3 cm³/mol. The highest BCUT2D eigenvalue weighted by Gasteiger charge is 2.31. The maximum atomic E-state index is 11.4. The molecule has 1 unspecified atom stereocenters. The first-order chi connectivity index (χ1) is 9.20. The Labute approximate surface area is 111 Å². The van der Waals surface area contributed by atoms with Gasteiger partial charge in [-0.05, 0) is 25.7 Å². The van der Waals surface area contributed by atoms with Crippen LogP contribution in [0, 0.1) is 17.2 Å². The molecule has 19 heavy (non-hydrogen) atoms. The summed E-state index contributed by atoms with van der Waals surface area (Å²) in [5.74, 6) is 0.432. The smallest absolute Gasteiger partial charge is 0.429 e. The molecule has 0 saturated heterocycles. The molecule has 0 N–H and O–H groups in total. The second-order valence-corrected chi connectivity index (χ2v) is 4.42. The first kappa shape index (κ1) is 13.1. The highest BCUT2D eigenvalue weighted by molar-refractivity contribution is 6.11. The molecule has 0 spiro atoms. The molecule has 5 nitrogen and oxygen atoms in total. The Morgan fingerprint density at radius 1 is 1.42 bits per heavy atom. The molecule has 0 amide bonds. The van der Waals surface area contributed by atoms with Gasteiger partial charge in [0, 0.05) is 5.56 Å². The third kappa shape index (κ3) is 3.81. The zero-order valence-electron chi connectivity index (χ0n) is 10.6. The van der Waals surface area contributed by atoms with Crippen molar-refractivity contribution in [3.05, 3.63) is 35.9 Å². The normalized spacial score (nSPS) is 16.3.